The van der Waals surface area contributed by atoms with Crippen molar-refractivity contribution in [2.75, 3.05) is 26.2 Å². The van der Waals surface area contributed by atoms with Gasteiger partial charge in [0, 0.05) is 30.1 Å². The molecule has 0 radical (unpaired) electrons. The predicted molar refractivity (Wildman–Crippen MR) is 111 cm³/mol. The third-order valence-corrected chi connectivity index (χ3v) is 5.03. The Morgan fingerprint density at radius 3 is 2.52 bits per heavy atom. The molecule has 0 saturated heterocycles. The normalized spacial score (nSPS) is 13.7. The molecular formula is C20H28N4O2S. The highest BCUT2D eigenvalue weighted by atomic mass is 32.1. The van der Waals surface area contributed by atoms with Crippen molar-refractivity contribution in [3.8, 4) is 0 Å². The van der Waals surface area contributed by atoms with Gasteiger partial charge in [-0.15, -0.1) is 11.3 Å². The molecule has 1 amide bonds. The summed E-state index contributed by atoms with van der Waals surface area (Å²) in [6.07, 6.45) is 0.768. The standard InChI is InChI=1S/C20H28N4O2S/c1-3-21-19(24-15-20(2,26)17-11-7-14-27-17)23-13-8-12-22-18(25)16-9-5-4-6-10-16/h4-7,9-11,14,26H,3,8,12-13,15H2,1-2H3,(H,22,25)(H2,21,23,24). The van der Waals surface area contributed by atoms with E-state index < -0.39 is 5.60 Å². The van der Waals surface area contributed by atoms with Crippen molar-refractivity contribution in [1.29, 1.82) is 0 Å². The van der Waals surface area contributed by atoms with Crippen LogP contribution in [-0.2, 0) is 5.60 Å². The lowest BCUT2D eigenvalue weighted by Crippen LogP contribution is -2.40. The van der Waals surface area contributed by atoms with Gasteiger partial charge < -0.3 is 21.1 Å². The molecule has 27 heavy (non-hydrogen) atoms. The van der Waals surface area contributed by atoms with Crippen molar-refractivity contribution in [3.05, 3.63) is 58.3 Å². The molecule has 7 heteroatoms. The Hall–Kier alpha value is -2.38. The van der Waals surface area contributed by atoms with Crippen molar-refractivity contribution in [2.24, 2.45) is 4.99 Å². The number of amides is 1. The maximum atomic E-state index is 12.0. The molecule has 146 valence electrons. The van der Waals surface area contributed by atoms with E-state index in [1.165, 1.54) is 11.3 Å². The minimum absolute atomic E-state index is 0.0665. The summed E-state index contributed by atoms with van der Waals surface area (Å²) in [7, 11) is 0. The number of carbonyl (C=O) groups excluding carboxylic acids is 1. The molecule has 1 unspecified atom stereocenters. The highest BCUT2D eigenvalue weighted by Crippen LogP contribution is 2.25. The molecule has 0 fully saturated rings. The number of aliphatic imine (C=N–C) groups is 1. The summed E-state index contributed by atoms with van der Waals surface area (Å²) in [5.74, 6) is 0.590. The molecule has 2 rings (SSSR count). The zero-order chi connectivity index (χ0) is 19.5. The lowest BCUT2D eigenvalue weighted by atomic mass is 10.1. The van der Waals surface area contributed by atoms with Crippen molar-refractivity contribution in [2.45, 2.75) is 25.9 Å². The third kappa shape index (κ3) is 7.03. The van der Waals surface area contributed by atoms with Crippen LogP contribution in [-0.4, -0.2) is 43.2 Å². The largest absolute Gasteiger partial charge is 0.383 e. The lowest BCUT2D eigenvalue weighted by molar-refractivity contribution is 0.0711. The van der Waals surface area contributed by atoms with Crippen LogP contribution in [0.15, 0.2) is 52.8 Å². The first-order valence-electron chi connectivity index (χ1n) is 9.14. The molecule has 0 spiro atoms. The van der Waals surface area contributed by atoms with Crippen LogP contribution in [0.25, 0.3) is 0 Å². The Morgan fingerprint density at radius 1 is 1.11 bits per heavy atom. The van der Waals surface area contributed by atoms with E-state index in [0.29, 0.717) is 24.6 Å². The molecule has 1 atom stereocenters. The topological polar surface area (TPSA) is 85.8 Å². The number of nitrogens with zero attached hydrogens (tertiary/aromatic N) is 1. The molecular weight excluding hydrogens is 360 g/mol. The Kier molecular flexibility index (Phi) is 8.29. The average molecular weight is 389 g/mol. The van der Waals surface area contributed by atoms with E-state index in [1.54, 1.807) is 19.1 Å². The van der Waals surface area contributed by atoms with Crippen LogP contribution in [0.1, 0.15) is 35.5 Å². The van der Waals surface area contributed by atoms with Gasteiger partial charge in [-0.25, -0.2) is 4.99 Å². The molecule has 4 N–H and O–H groups in total. The first kappa shape index (κ1) is 20.9. The number of hydrogen-bond acceptors (Lipinski definition) is 4. The first-order chi connectivity index (χ1) is 13.0. The summed E-state index contributed by atoms with van der Waals surface area (Å²) >= 11 is 1.52. The molecule has 0 saturated carbocycles. The molecule has 0 aliphatic carbocycles. The van der Waals surface area contributed by atoms with Gasteiger partial charge >= 0.3 is 0 Å². The van der Waals surface area contributed by atoms with Crippen LogP contribution in [0.2, 0.25) is 0 Å². The van der Waals surface area contributed by atoms with E-state index in [1.807, 2.05) is 42.6 Å². The average Bonchev–Trinajstić information content (AvgIpc) is 3.22. The molecule has 1 aromatic heterocycles. The van der Waals surface area contributed by atoms with Crippen LogP contribution in [0, 0.1) is 0 Å². The van der Waals surface area contributed by atoms with E-state index >= 15 is 0 Å². The monoisotopic (exact) mass is 388 g/mol. The highest BCUT2D eigenvalue weighted by Gasteiger charge is 2.23. The van der Waals surface area contributed by atoms with Crippen molar-refractivity contribution in [1.82, 2.24) is 16.0 Å². The number of hydrogen-bond donors (Lipinski definition) is 4. The van der Waals surface area contributed by atoms with E-state index in [0.717, 1.165) is 17.8 Å². The molecule has 0 aliphatic heterocycles. The van der Waals surface area contributed by atoms with E-state index in [-0.39, 0.29) is 12.5 Å². The summed E-state index contributed by atoms with van der Waals surface area (Å²) in [5.41, 5.74) is -0.323. The predicted octanol–water partition coefficient (Wildman–Crippen LogP) is 2.33. The summed E-state index contributed by atoms with van der Waals surface area (Å²) in [6.45, 7) is 6.01. The zero-order valence-electron chi connectivity index (χ0n) is 15.9. The van der Waals surface area contributed by atoms with Crippen molar-refractivity contribution in [3.63, 3.8) is 0 Å². The minimum Gasteiger partial charge on any atom is -0.383 e. The van der Waals surface area contributed by atoms with Gasteiger partial charge in [-0.1, -0.05) is 24.3 Å². The number of thiophene rings is 1. The Labute approximate surface area is 164 Å². The van der Waals surface area contributed by atoms with E-state index in [2.05, 4.69) is 20.9 Å². The highest BCUT2D eigenvalue weighted by molar-refractivity contribution is 7.10. The molecule has 1 aromatic carbocycles. The van der Waals surface area contributed by atoms with Crippen molar-refractivity contribution >= 4 is 23.2 Å². The van der Waals surface area contributed by atoms with Gasteiger partial charge in [-0.05, 0) is 43.8 Å². The Bertz CT molecular complexity index is 715. The number of nitrogens with one attached hydrogen (secondary N) is 3. The fourth-order valence-corrected chi connectivity index (χ4v) is 3.21. The summed E-state index contributed by atoms with van der Waals surface area (Å²) in [5, 5.41) is 21.8. The number of carbonyl (C=O) groups is 1. The maximum absolute atomic E-state index is 12.0. The van der Waals surface area contributed by atoms with Gasteiger partial charge in [0.1, 0.15) is 5.60 Å². The lowest BCUT2D eigenvalue weighted by Gasteiger charge is -2.20. The number of rotatable bonds is 9. The quantitative estimate of drug-likeness (QED) is 0.302. The van der Waals surface area contributed by atoms with Gasteiger partial charge in [0.15, 0.2) is 5.96 Å². The van der Waals surface area contributed by atoms with Gasteiger partial charge in [-0.3, -0.25) is 4.79 Å². The number of aliphatic hydroxyl groups is 1. The van der Waals surface area contributed by atoms with Crippen LogP contribution < -0.4 is 16.0 Å². The van der Waals surface area contributed by atoms with E-state index in [9.17, 15) is 9.90 Å². The van der Waals surface area contributed by atoms with Gasteiger partial charge in [-0.2, -0.15) is 0 Å². The van der Waals surface area contributed by atoms with Crippen LogP contribution >= 0.6 is 11.3 Å². The van der Waals surface area contributed by atoms with Gasteiger partial charge in [0.2, 0.25) is 0 Å². The molecule has 0 aliphatic rings. The van der Waals surface area contributed by atoms with Crippen LogP contribution in [0.5, 0.6) is 0 Å². The SMILES string of the molecule is CCNC(=NCC(C)(O)c1cccs1)NCCCNC(=O)c1ccccc1. The number of guanidine groups is 1. The van der Waals surface area contributed by atoms with E-state index in [4.69, 9.17) is 0 Å². The minimum atomic E-state index is -0.986. The first-order valence-corrected chi connectivity index (χ1v) is 10.0. The smallest absolute Gasteiger partial charge is 0.251 e. The second kappa shape index (κ2) is 10.7. The zero-order valence-corrected chi connectivity index (χ0v) is 16.7. The molecule has 6 nitrogen and oxygen atoms in total. The number of benzene rings is 1. The summed E-state index contributed by atoms with van der Waals surface area (Å²) < 4.78 is 0. The Morgan fingerprint density at radius 2 is 1.85 bits per heavy atom. The second-order valence-corrected chi connectivity index (χ2v) is 7.30. The van der Waals surface area contributed by atoms with Gasteiger partial charge in [0.25, 0.3) is 5.91 Å². The molecule has 0 bridgehead atoms. The summed E-state index contributed by atoms with van der Waals surface area (Å²) in [4.78, 5) is 17.4. The third-order valence-electron chi connectivity index (χ3n) is 3.91. The fourth-order valence-electron chi connectivity index (χ4n) is 2.43. The summed E-state index contributed by atoms with van der Waals surface area (Å²) in [6, 6.07) is 13.0. The maximum Gasteiger partial charge on any atom is 0.251 e. The fraction of sp³-hybridized carbons (Fsp3) is 0.400. The second-order valence-electron chi connectivity index (χ2n) is 6.35. The molecule has 2 aromatic rings. The molecule has 1 heterocycles. The van der Waals surface area contributed by atoms with Gasteiger partial charge in [0.05, 0.1) is 6.54 Å². The van der Waals surface area contributed by atoms with Crippen molar-refractivity contribution < 1.29 is 9.90 Å². The Balaban J connectivity index is 1.75. The van der Waals surface area contributed by atoms with Crippen LogP contribution in [0.3, 0.4) is 0 Å². The van der Waals surface area contributed by atoms with Crippen LogP contribution in [0.4, 0.5) is 0 Å².